The van der Waals surface area contributed by atoms with E-state index >= 15 is 0 Å². The van der Waals surface area contributed by atoms with Crippen LogP contribution in [-0.2, 0) is 0 Å². The number of aromatic nitrogens is 1. The van der Waals surface area contributed by atoms with Gasteiger partial charge < -0.3 is 9.47 Å². The Morgan fingerprint density at radius 1 is 0.276 bits per heavy atom. The monoisotopic (exact) mass is 738 g/mol. The first kappa shape index (κ1) is 33.6. The van der Waals surface area contributed by atoms with E-state index in [4.69, 9.17) is 0 Å². The van der Waals surface area contributed by atoms with Gasteiger partial charge in [-0.25, -0.2) is 0 Å². The molecule has 0 saturated heterocycles. The van der Waals surface area contributed by atoms with Gasteiger partial charge in [0.15, 0.2) is 0 Å². The lowest BCUT2D eigenvalue weighted by Crippen LogP contribution is -2.11. The molecule has 1 heterocycles. The van der Waals surface area contributed by atoms with Crippen molar-refractivity contribution < 1.29 is 0 Å². The van der Waals surface area contributed by atoms with E-state index < -0.39 is 0 Å². The van der Waals surface area contributed by atoms with Crippen LogP contribution in [0.1, 0.15) is 0 Å². The summed E-state index contributed by atoms with van der Waals surface area (Å²) in [7, 11) is 0. The van der Waals surface area contributed by atoms with Crippen LogP contribution in [-0.4, -0.2) is 4.57 Å². The van der Waals surface area contributed by atoms with Crippen molar-refractivity contribution in [3.63, 3.8) is 0 Å². The highest BCUT2D eigenvalue weighted by Gasteiger charge is 2.23. The van der Waals surface area contributed by atoms with Crippen molar-refractivity contribution >= 4 is 60.4 Å². The summed E-state index contributed by atoms with van der Waals surface area (Å²) in [6, 6.07) is 83.7. The van der Waals surface area contributed by atoms with Gasteiger partial charge in [0.05, 0.1) is 16.7 Å². The van der Waals surface area contributed by atoms with Crippen LogP contribution in [0.15, 0.2) is 231 Å². The zero-order chi connectivity index (χ0) is 38.4. The lowest BCUT2D eigenvalue weighted by atomic mass is 9.90. The van der Waals surface area contributed by atoms with E-state index in [0.29, 0.717) is 0 Å². The van der Waals surface area contributed by atoms with Crippen LogP contribution < -0.4 is 4.90 Å². The molecule has 0 aliphatic heterocycles. The molecule has 0 amide bonds. The Morgan fingerprint density at radius 3 is 1.31 bits per heavy atom. The third kappa shape index (κ3) is 5.66. The molecule has 11 aromatic rings. The summed E-state index contributed by atoms with van der Waals surface area (Å²) >= 11 is 0. The summed E-state index contributed by atoms with van der Waals surface area (Å²) < 4.78 is 2.41. The number of para-hydroxylation sites is 2. The lowest BCUT2D eigenvalue weighted by molar-refractivity contribution is 1.18. The summed E-state index contributed by atoms with van der Waals surface area (Å²) in [6.07, 6.45) is 0. The molecule has 0 radical (unpaired) electrons. The van der Waals surface area contributed by atoms with Crippen LogP contribution in [0, 0.1) is 0 Å². The van der Waals surface area contributed by atoms with Gasteiger partial charge in [0.2, 0.25) is 0 Å². The number of rotatable bonds is 7. The maximum Gasteiger partial charge on any atom is 0.0618 e. The number of nitrogens with zero attached hydrogens (tertiary/aromatic N) is 2. The minimum atomic E-state index is 1.10. The maximum atomic E-state index is 2.47. The van der Waals surface area contributed by atoms with Crippen molar-refractivity contribution in [2.75, 3.05) is 4.90 Å². The van der Waals surface area contributed by atoms with Gasteiger partial charge in [0.25, 0.3) is 0 Å². The fraction of sp³-hybridized carbons (Fsp3) is 0. The van der Waals surface area contributed by atoms with E-state index in [-0.39, 0.29) is 0 Å². The van der Waals surface area contributed by atoms with E-state index in [9.17, 15) is 0 Å². The standard InChI is InChI=1S/C56H38N2/c1-5-17-39(18-6-1)40-29-31-41(32-30-40)43-33-35-53-51(37-43)52-38-46(34-36-54(52)58(53)45-23-11-4-12-24-45)57(44-21-9-3-10-22-44)56-49-27-15-13-25-47(49)55(42-19-7-2-8-20-42)48-26-14-16-28-50(48)56/h1-38H. The Balaban J connectivity index is 1.17. The van der Waals surface area contributed by atoms with Crippen molar-refractivity contribution in [1.29, 1.82) is 0 Å². The van der Waals surface area contributed by atoms with Crippen molar-refractivity contribution in [2.45, 2.75) is 0 Å². The van der Waals surface area contributed by atoms with Gasteiger partial charge in [-0.2, -0.15) is 0 Å². The smallest absolute Gasteiger partial charge is 0.0618 e. The third-order valence-electron chi connectivity index (χ3n) is 11.6. The van der Waals surface area contributed by atoms with E-state index in [1.807, 2.05) is 0 Å². The van der Waals surface area contributed by atoms with E-state index in [1.165, 1.54) is 82.4 Å². The second-order valence-electron chi connectivity index (χ2n) is 14.9. The molecule has 10 aromatic carbocycles. The van der Waals surface area contributed by atoms with E-state index in [1.54, 1.807) is 0 Å². The first-order valence-electron chi connectivity index (χ1n) is 19.9. The summed E-state index contributed by atoms with van der Waals surface area (Å²) in [5.41, 5.74) is 14.2. The molecule has 0 unspecified atom stereocenters. The molecule has 2 nitrogen and oxygen atoms in total. The highest BCUT2D eigenvalue weighted by molar-refractivity contribution is 6.22. The summed E-state index contributed by atoms with van der Waals surface area (Å²) in [5.74, 6) is 0. The molecule has 11 rings (SSSR count). The van der Waals surface area contributed by atoms with E-state index in [0.717, 1.165) is 17.1 Å². The van der Waals surface area contributed by atoms with Gasteiger partial charge in [-0.3, -0.25) is 0 Å². The molecule has 0 spiro atoms. The first-order valence-corrected chi connectivity index (χ1v) is 19.9. The Morgan fingerprint density at radius 2 is 0.707 bits per heavy atom. The highest BCUT2D eigenvalue weighted by Crippen LogP contribution is 2.49. The van der Waals surface area contributed by atoms with Crippen molar-refractivity contribution in [1.82, 2.24) is 4.57 Å². The van der Waals surface area contributed by atoms with Crippen LogP contribution in [0.2, 0.25) is 0 Å². The van der Waals surface area contributed by atoms with Crippen LogP contribution >= 0.6 is 0 Å². The molecule has 0 aliphatic rings. The second-order valence-corrected chi connectivity index (χ2v) is 14.9. The topological polar surface area (TPSA) is 8.17 Å². The normalized spacial score (nSPS) is 11.4. The average Bonchev–Trinajstić information content (AvgIpc) is 3.63. The zero-order valence-electron chi connectivity index (χ0n) is 31.8. The SMILES string of the molecule is c1ccc(-c2ccc(-c3ccc4c(c3)c3cc(N(c5ccccc5)c5c6ccccc6c(-c6ccccc6)c6ccccc56)ccc3n4-c3ccccc3)cc2)cc1. The number of hydrogen-bond acceptors (Lipinski definition) is 1. The molecule has 1 aromatic heterocycles. The molecule has 0 saturated carbocycles. The summed E-state index contributed by atoms with van der Waals surface area (Å²) in [6.45, 7) is 0. The van der Waals surface area contributed by atoms with Gasteiger partial charge >= 0.3 is 0 Å². The Hall–Kier alpha value is -7.68. The number of hydrogen-bond donors (Lipinski definition) is 0. The third-order valence-corrected chi connectivity index (χ3v) is 11.6. The average molecular weight is 739 g/mol. The van der Waals surface area contributed by atoms with Crippen molar-refractivity contribution in [2.24, 2.45) is 0 Å². The van der Waals surface area contributed by atoms with E-state index in [2.05, 4.69) is 240 Å². The fourth-order valence-corrected chi connectivity index (χ4v) is 8.92. The van der Waals surface area contributed by atoms with Gasteiger partial charge in [-0.05, 0) is 98.8 Å². The molecule has 0 fully saturated rings. The maximum absolute atomic E-state index is 2.47. The number of fused-ring (bicyclic) bond motifs is 5. The van der Waals surface area contributed by atoms with Gasteiger partial charge in [0, 0.05) is 38.6 Å². The quantitative estimate of drug-likeness (QED) is 0.148. The van der Waals surface area contributed by atoms with Crippen LogP contribution in [0.25, 0.3) is 82.4 Å². The molecule has 0 N–H and O–H groups in total. The van der Waals surface area contributed by atoms with Crippen LogP contribution in [0.3, 0.4) is 0 Å². The Labute approximate surface area is 338 Å². The molecule has 58 heavy (non-hydrogen) atoms. The summed E-state index contributed by atoms with van der Waals surface area (Å²) in [5, 5.41) is 7.29. The number of anilines is 3. The summed E-state index contributed by atoms with van der Waals surface area (Å²) in [4.78, 5) is 2.47. The number of benzene rings is 10. The highest BCUT2D eigenvalue weighted by atomic mass is 15.1. The predicted octanol–water partition coefficient (Wildman–Crippen LogP) is 15.6. The molecule has 0 aliphatic carbocycles. The predicted molar refractivity (Wildman–Crippen MR) is 247 cm³/mol. The van der Waals surface area contributed by atoms with Crippen molar-refractivity contribution in [3.05, 3.63) is 231 Å². The Kier molecular flexibility index (Phi) is 8.19. The zero-order valence-corrected chi connectivity index (χ0v) is 31.8. The molecule has 272 valence electrons. The second kappa shape index (κ2) is 14.1. The fourth-order valence-electron chi connectivity index (χ4n) is 8.92. The molecule has 0 bridgehead atoms. The van der Waals surface area contributed by atoms with Crippen molar-refractivity contribution in [3.8, 4) is 39.1 Å². The first-order chi connectivity index (χ1) is 28.8. The molecular formula is C56H38N2. The molecule has 0 atom stereocenters. The Bertz CT molecular complexity index is 3180. The van der Waals surface area contributed by atoms with Gasteiger partial charge in [0.1, 0.15) is 0 Å². The minimum Gasteiger partial charge on any atom is -0.309 e. The molecule has 2 heteroatoms. The minimum absolute atomic E-state index is 1.10. The lowest BCUT2D eigenvalue weighted by Gasteiger charge is -2.29. The van der Waals surface area contributed by atoms with Crippen LogP contribution in [0.4, 0.5) is 17.1 Å². The molecular weight excluding hydrogens is 701 g/mol. The van der Waals surface area contributed by atoms with Gasteiger partial charge in [-0.15, -0.1) is 0 Å². The van der Waals surface area contributed by atoms with Gasteiger partial charge in [-0.1, -0.05) is 176 Å². The largest absolute Gasteiger partial charge is 0.309 e. The van der Waals surface area contributed by atoms with Crippen LogP contribution in [0.5, 0.6) is 0 Å².